The van der Waals surface area contributed by atoms with Crippen LogP contribution in [-0.4, -0.2) is 41.0 Å². The zero-order valence-electron chi connectivity index (χ0n) is 19.2. The van der Waals surface area contributed by atoms with E-state index in [9.17, 15) is 27.9 Å². The van der Waals surface area contributed by atoms with Crippen molar-refractivity contribution in [2.45, 2.75) is 56.3 Å². The number of carbonyl (C=O) groups is 2. The highest BCUT2D eigenvalue weighted by Crippen LogP contribution is 2.39. The molecule has 1 aliphatic heterocycles. The number of carboxylic acids is 1. The van der Waals surface area contributed by atoms with Gasteiger partial charge < -0.3 is 10.4 Å². The zero-order valence-corrected chi connectivity index (χ0v) is 20.7. The first-order chi connectivity index (χ1) is 16.6. The number of alkyl halides is 3. The zero-order chi connectivity index (χ0) is 25.2. The van der Waals surface area contributed by atoms with E-state index in [0.29, 0.717) is 38.3 Å². The third kappa shape index (κ3) is 6.06. The van der Waals surface area contributed by atoms with Crippen LogP contribution in [0, 0.1) is 5.92 Å². The molecule has 1 amide bonds. The van der Waals surface area contributed by atoms with Crippen LogP contribution in [0.15, 0.2) is 53.0 Å². The number of rotatable bonds is 8. The molecule has 2 N–H and O–H groups in total. The van der Waals surface area contributed by atoms with Gasteiger partial charge in [0, 0.05) is 11.0 Å². The molecule has 1 aliphatic carbocycles. The molecule has 2 aromatic carbocycles. The highest BCUT2D eigenvalue weighted by Gasteiger charge is 2.45. The van der Waals surface area contributed by atoms with E-state index in [1.807, 2.05) is 29.2 Å². The van der Waals surface area contributed by atoms with Crippen LogP contribution in [0.1, 0.15) is 48.8 Å². The molecule has 188 valence electrons. The van der Waals surface area contributed by atoms with Gasteiger partial charge in [-0.2, -0.15) is 13.2 Å². The van der Waals surface area contributed by atoms with Crippen molar-refractivity contribution in [3.05, 3.63) is 69.7 Å². The fourth-order valence-electron chi connectivity index (χ4n) is 4.89. The van der Waals surface area contributed by atoms with Gasteiger partial charge in [-0.25, -0.2) is 4.79 Å². The van der Waals surface area contributed by atoms with Gasteiger partial charge in [-0.05, 0) is 67.6 Å². The SMILES string of the molecule is O=C(O)[C@H](CC1CC1)NC(=O)C1(c2ccc(Br)cc2)CCN(Cc2ccccc2C(F)(F)F)CC1. The van der Waals surface area contributed by atoms with Gasteiger partial charge >= 0.3 is 12.1 Å². The molecular weight excluding hydrogens is 525 g/mol. The summed E-state index contributed by atoms with van der Waals surface area (Å²) in [6.07, 6.45) is -1.30. The smallest absolute Gasteiger partial charge is 0.416 e. The third-order valence-corrected chi connectivity index (χ3v) is 7.66. The highest BCUT2D eigenvalue weighted by atomic mass is 79.9. The lowest BCUT2D eigenvalue weighted by molar-refractivity contribution is -0.143. The summed E-state index contributed by atoms with van der Waals surface area (Å²) in [4.78, 5) is 27.4. The molecule has 2 fully saturated rings. The minimum Gasteiger partial charge on any atom is -0.480 e. The fraction of sp³-hybridized carbons (Fsp3) is 0.462. The van der Waals surface area contributed by atoms with Crippen LogP contribution in [-0.2, 0) is 27.7 Å². The lowest BCUT2D eigenvalue weighted by Crippen LogP contribution is -2.55. The molecule has 35 heavy (non-hydrogen) atoms. The molecule has 5 nitrogen and oxygen atoms in total. The number of nitrogens with zero attached hydrogens (tertiary/aromatic N) is 1. The van der Waals surface area contributed by atoms with Gasteiger partial charge in [-0.3, -0.25) is 9.69 Å². The molecular formula is C26H28BrF3N2O3. The number of carbonyl (C=O) groups excluding carboxylic acids is 1. The van der Waals surface area contributed by atoms with Crippen LogP contribution in [0.5, 0.6) is 0 Å². The van der Waals surface area contributed by atoms with E-state index in [2.05, 4.69) is 21.2 Å². The molecule has 0 radical (unpaired) electrons. The topological polar surface area (TPSA) is 69.6 Å². The van der Waals surface area contributed by atoms with Gasteiger partial charge in [0.25, 0.3) is 0 Å². The number of hydrogen-bond acceptors (Lipinski definition) is 3. The summed E-state index contributed by atoms with van der Waals surface area (Å²) in [5, 5.41) is 12.5. The lowest BCUT2D eigenvalue weighted by atomic mass is 9.71. The summed E-state index contributed by atoms with van der Waals surface area (Å²) in [7, 11) is 0. The number of piperidine rings is 1. The Morgan fingerprint density at radius 3 is 2.29 bits per heavy atom. The largest absolute Gasteiger partial charge is 0.480 e. The number of halogens is 4. The molecule has 9 heteroatoms. The molecule has 2 aromatic rings. The molecule has 0 spiro atoms. The van der Waals surface area contributed by atoms with Gasteiger partial charge in [-0.1, -0.05) is 59.1 Å². The number of amides is 1. The molecule has 2 aliphatic rings. The van der Waals surface area contributed by atoms with Crippen molar-refractivity contribution in [2.75, 3.05) is 13.1 Å². The maximum Gasteiger partial charge on any atom is 0.416 e. The Morgan fingerprint density at radius 2 is 1.71 bits per heavy atom. The van der Waals surface area contributed by atoms with E-state index in [0.717, 1.165) is 28.9 Å². The predicted molar refractivity (Wildman–Crippen MR) is 129 cm³/mol. The number of benzene rings is 2. The summed E-state index contributed by atoms with van der Waals surface area (Å²) < 4.78 is 41.2. The van der Waals surface area contributed by atoms with Crippen molar-refractivity contribution in [1.29, 1.82) is 0 Å². The minimum absolute atomic E-state index is 0.132. The Morgan fingerprint density at radius 1 is 1.09 bits per heavy atom. The molecule has 0 unspecified atom stereocenters. The van der Waals surface area contributed by atoms with Crippen LogP contribution in [0.2, 0.25) is 0 Å². The van der Waals surface area contributed by atoms with Crippen molar-refractivity contribution in [3.63, 3.8) is 0 Å². The van der Waals surface area contributed by atoms with E-state index in [1.165, 1.54) is 12.1 Å². The number of nitrogens with one attached hydrogen (secondary N) is 1. The van der Waals surface area contributed by atoms with Crippen LogP contribution in [0.3, 0.4) is 0 Å². The summed E-state index contributed by atoms with van der Waals surface area (Å²) >= 11 is 3.41. The van der Waals surface area contributed by atoms with E-state index in [1.54, 1.807) is 6.07 Å². The Bertz CT molecular complexity index is 1060. The van der Waals surface area contributed by atoms with Gasteiger partial charge in [0.2, 0.25) is 5.91 Å². The Labute approximate surface area is 210 Å². The second-order valence-electron chi connectivity index (χ2n) is 9.56. The lowest BCUT2D eigenvalue weighted by Gasteiger charge is -2.41. The molecule has 1 heterocycles. The monoisotopic (exact) mass is 552 g/mol. The van der Waals surface area contributed by atoms with E-state index in [4.69, 9.17) is 0 Å². The normalized spacial score (nSPS) is 19.2. The number of carboxylic acid groups (broad SMARTS) is 1. The second kappa shape index (κ2) is 10.3. The van der Waals surface area contributed by atoms with Crippen LogP contribution in [0.25, 0.3) is 0 Å². The standard InChI is InChI=1S/C26H28BrF3N2O3/c27-20-9-7-19(8-10-20)25(24(35)31-22(23(33)34)15-17-5-6-17)11-13-32(14-12-25)16-18-3-1-2-4-21(18)26(28,29)30/h1-4,7-10,17,22H,5-6,11-16H2,(H,31,35)(H,33,34)/t22-/m0/s1. The molecule has 0 bridgehead atoms. The summed E-state index contributed by atoms with van der Waals surface area (Å²) in [5.74, 6) is -1.05. The van der Waals surface area contributed by atoms with Gasteiger partial charge in [0.15, 0.2) is 0 Å². The molecule has 1 saturated carbocycles. The number of hydrogen-bond donors (Lipinski definition) is 2. The maximum atomic E-state index is 13.6. The summed E-state index contributed by atoms with van der Waals surface area (Å²) in [6, 6.07) is 12.0. The first kappa shape index (κ1) is 25.7. The van der Waals surface area contributed by atoms with Crippen molar-refractivity contribution >= 4 is 27.8 Å². The average molecular weight is 553 g/mol. The second-order valence-corrected chi connectivity index (χ2v) is 10.5. The van der Waals surface area contributed by atoms with Crippen molar-refractivity contribution < 1.29 is 27.9 Å². The van der Waals surface area contributed by atoms with Gasteiger partial charge in [0.05, 0.1) is 11.0 Å². The quantitative estimate of drug-likeness (QED) is 0.461. The van der Waals surface area contributed by atoms with E-state index in [-0.39, 0.29) is 18.0 Å². The van der Waals surface area contributed by atoms with Crippen LogP contribution >= 0.6 is 15.9 Å². The molecule has 1 saturated heterocycles. The molecule has 1 atom stereocenters. The summed E-state index contributed by atoms with van der Waals surface area (Å²) in [5.41, 5.74) is -0.607. The number of aliphatic carboxylic acids is 1. The number of likely N-dealkylation sites (tertiary alicyclic amines) is 1. The molecule has 4 rings (SSSR count). The first-order valence-electron chi connectivity index (χ1n) is 11.8. The molecule has 0 aromatic heterocycles. The third-order valence-electron chi connectivity index (χ3n) is 7.13. The minimum atomic E-state index is -4.43. The van der Waals surface area contributed by atoms with Crippen LogP contribution in [0.4, 0.5) is 13.2 Å². The van der Waals surface area contributed by atoms with Crippen molar-refractivity contribution in [2.24, 2.45) is 5.92 Å². The Balaban J connectivity index is 1.54. The van der Waals surface area contributed by atoms with E-state index >= 15 is 0 Å². The van der Waals surface area contributed by atoms with E-state index < -0.39 is 29.2 Å². The Hall–Kier alpha value is -2.39. The predicted octanol–water partition coefficient (Wildman–Crippen LogP) is 5.37. The highest BCUT2D eigenvalue weighted by molar-refractivity contribution is 9.10. The maximum absolute atomic E-state index is 13.6. The average Bonchev–Trinajstić information content (AvgIpc) is 3.63. The Kier molecular flexibility index (Phi) is 7.57. The van der Waals surface area contributed by atoms with Crippen LogP contribution < -0.4 is 5.32 Å². The fourth-order valence-corrected chi connectivity index (χ4v) is 5.15. The van der Waals surface area contributed by atoms with Crippen molar-refractivity contribution in [3.8, 4) is 0 Å². The first-order valence-corrected chi connectivity index (χ1v) is 12.5. The van der Waals surface area contributed by atoms with Gasteiger partial charge in [0.1, 0.15) is 6.04 Å². The summed E-state index contributed by atoms with van der Waals surface area (Å²) in [6.45, 7) is 0.958. The van der Waals surface area contributed by atoms with Gasteiger partial charge in [-0.15, -0.1) is 0 Å². The van der Waals surface area contributed by atoms with Crippen molar-refractivity contribution in [1.82, 2.24) is 10.2 Å².